The summed E-state index contributed by atoms with van der Waals surface area (Å²) in [6, 6.07) is 9.57. The smallest absolute Gasteiger partial charge is 0.166 e. The molecule has 1 aromatic carbocycles. The quantitative estimate of drug-likeness (QED) is 0.391. The summed E-state index contributed by atoms with van der Waals surface area (Å²) in [5.74, 6) is 1.32. The third-order valence-corrected chi connectivity index (χ3v) is 10.7. The molecule has 3 aromatic heterocycles. The molecule has 2 atom stereocenters. The molecule has 4 aromatic rings. The summed E-state index contributed by atoms with van der Waals surface area (Å²) in [4.78, 5) is 14.0. The van der Waals surface area contributed by atoms with Gasteiger partial charge in [0.05, 0.1) is 34.9 Å². The zero-order valence-corrected chi connectivity index (χ0v) is 21.7. The molecular weight excluding hydrogens is 508 g/mol. The number of nitrogens with zero attached hydrogens (tertiary/aromatic N) is 7. The van der Waals surface area contributed by atoms with E-state index in [1.807, 2.05) is 30.6 Å². The first-order valence-electron chi connectivity index (χ1n) is 12.8. The number of fused-ring (bicyclic) bond motifs is 2. The molecule has 0 N–H and O–H groups in total. The molecule has 7 rings (SSSR count). The monoisotopic (exact) mass is 535 g/mol. The standard InChI is InChI=1S/C27H27F2N7OS/c1-30-38(37)12-10-34(11-13-38)20-3-5-24(31-16-20)21-17-32-36-9-7-25(33-26(21)36)35-8-6-18-15-27(18,35)22-14-19(28)2-4-23(22)29/h2-5,7,9,14,16-18H,6,8,10-13,15H2,1H3/t18-,27+/m0/s1. The van der Waals surface area contributed by atoms with Crippen molar-refractivity contribution in [1.82, 2.24) is 19.6 Å². The first-order valence-corrected chi connectivity index (χ1v) is 14.7. The lowest BCUT2D eigenvalue weighted by atomic mass is 10.0. The van der Waals surface area contributed by atoms with Gasteiger partial charge in [0.25, 0.3) is 0 Å². The van der Waals surface area contributed by atoms with Crippen molar-refractivity contribution < 1.29 is 13.0 Å². The fourth-order valence-electron chi connectivity index (χ4n) is 6.18. The molecule has 0 bridgehead atoms. The number of aromatic nitrogens is 4. The van der Waals surface area contributed by atoms with Gasteiger partial charge in [-0.2, -0.15) is 5.10 Å². The Morgan fingerprint density at radius 3 is 2.66 bits per heavy atom. The first kappa shape index (κ1) is 23.5. The van der Waals surface area contributed by atoms with E-state index in [0.717, 1.165) is 48.2 Å². The number of anilines is 2. The topological polar surface area (TPSA) is 79.0 Å². The van der Waals surface area contributed by atoms with Gasteiger partial charge in [0, 0.05) is 59.7 Å². The van der Waals surface area contributed by atoms with Crippen molar-refractivity contribution >= 4 is 26.9 Å². The van der Waals surface area contributed by atoms with Gasteiger partial charge in [-0.3, -0.25) is 4.98 Å². The van der Waals surface area contributed by atoms with E-state index in [0.29, 0.717) is 35.8 Å². The van der Waals surface area contributed by atoms with Crippen LogP contribution in [-0.4, -0.2) is 62.0 Å². The van der Waals surface area contributed by atoms with Crippen LogP contribution in [0.4, 0.5) is 20.3 Å². The van der Waals surface area contributed by atoms with E-state index in [4.69, 9.17) is 9.97 Å². The van der Waals surface area contributed by atoms with Crippen LogP contribution in [0.2, 0.25) is 0 Å². The molecule has 3 aliphatic rings. The molecule has 196 valence electrons. The van der Waals surface area contributed by atoms with Crippen molar-refractivity contribution in [3.05, 3.63) is 72.2 Å². The van der Waals surface area contributed by atoms with Crippen LogP contribution < -0.4 is 9.80 Å². The van der Waals surface area contributed by atoms with Gasteiger partial charge in [-0.1, -0.05) is 0 Å². The Labute approximate surface area is 219 Å². The SMILES string of the molecule is CN=S1(=O)CCN(c2ccc(-c3cnn4ccc(N5CC[C@H]6C[C@]65c5cc(F)ccc5F)nc34)nc2)CC1. The Balaban J connectivity index is 1.20. The van der Waals surface area contributed by atoms with Crippen molar-refractivity contribution in [2.45, 2.75) is 18.4 Å². The Morgan fingerprint density at radius 2 is 1.92 bits per heavy atom. The van der Waals surface area contributed by atoms with E-state index in [9.17, 15) is 13.0 Å². The second-order valence-electron chi connectivity index (χ2n) is 10.3. The molecule has 0 unspecified atom stereocenters. The molecule has 3 fully saturated rings. The van der Waals surface area contributed by atoms with Gasteiger partial charge in [0.2, 0.25) is 0 Å². The average Bonchev–Trinajstić information content (AvgIpc) is 3.32. The molecule has 38 heavy (non-hydrogen) atoms. The molecule has 0 amide bonds. The number of hydrogen-bond donors (Lipinski definition) is 0. The Morgan fingerprint density at radius 1 is 1.08 bits per heavy atom. The first-order chi connectivity index (χ1) is 18.4. The molecule has 8 nitrogen and oxygen atoms in total. The lowest BCUT2D eigenvalue weighted by Crippen LogP contribution is -2.40. The predicted octanol–water partition coefficient (Wildman–Crippen LogP) is 4.11. The lowest BCUT2D eigenvalue weighted by molar-refractivity contribution is 0.544. The van der Waals surface area contributed by atoms with Gasteiger partial charge in [-0.05, 0) is 55.2 Å². The Kier molecular flexibility index (Phi) is 5.23. The second-order valence-corrected chi connectivity index (χ2v) is 13.0. The third-order valence-electron chi connectivity index (χ3n) is 8.36. The lowest BCUT2D eigenvalue weighted by Gasteiger charge is -2.30. The fourth-order valence-corrected chi connectivity index (χ4v) is 7.76. The highest BCUT2D eigenvalue weighted by molar-refractivity contribution is 7.93. The summed E-state index contributed by atoms with van der Waals surface area (Å²) >= 11 is 0. The minimum atomic E-state index is -2.08. The van der Waals surface area contributed by atoms with Gasteiger partial charge in [-0.25, -0.2) is 26.9 Å². The van der Waals surface area contributed by atoms with Gasteiger partial charge in [0.15, 0.2) is 5.65 Å². The minimum absolute atomic E-state index is 0.282. The molecule has 2 saturated heterocycles. The van der Waals surface area contributed by atoms with E-state index in [1.165, 1.54) is 12.1 Å². The maximum Gasteiger partial charge on any atom is 0.166 e. The van der Waals surface area contributed by atoms with Crippen molar-refractivity contribution in [2.75, 3.05) is 48.0 Å². The molecule has 0 spiro atoms. The molecule has 2 aliphatic heterocycles. The normalized spacial score (nSPS) is 24.0. The number of rotatable bonds is 4. The number of halogens is 2. The second kappa shape index (κ2) is 8.45. The summed E-state index contributed by atoms with van der Waals surface area (Å²) in [5.41, 5.74) is 3.03. The third kappa shape index (κ3) is 3.58. The van der Waals surface area contributed by atoms with E-state index in [2.05, 4.69) is 19.3 Å². The summed E-state index contributed by atoms with van der Waals surface area (Å²) in [6.07, 6.45) is 7.13. The largest absolute Gasteiger partial charge is 0.368 e. The summed E-state index contributed by atoms with van der Waals surface area (Å²) in [5, 5.41) is 4.46. The summed E-state index contributed by atoms with van der Waals surface area (Å²) in [7, 11) is -0.440. The van der Waals surface area contributed by atoms with Crippen LogP contribution in [0.15, 0.2) is 59.4 Å². The van der Waals surface area contributed by atoms with Crippen LogP contribution in [0.5, 0.6) is 0 Å². The van der Waals surface area contributed by atoms with Crippen LogP contribution in [-0.2, 0) is 15.3 Å². The highest BCUT2D eigenvalue weighted by Crippen LogP contribution is 2.63. The highest BCUT2D eigenvalue weighted by atomic mass is 32.2. The number of piperidine rings is 1. The van der Waals surface area contributed by atoms with Crippen LogP contribution in [0.3, 0.4) is 0 Å². The maximum absolute atomic E-state index is 14.8. The van der Waals surface area contributed by atoms with Gasteiger partial charge >= 0.3 is 0 Å². The molecule has 11 heteroatoms. The maximum atomic E-state index is 14.8. The zero-order chi connectivity index (χ0) is 26.1. The van der Waals surface area contributed by atoms with Crippen LogP contribution in [0, 0.1) is 17.6 Å². The average molecular weight is 536 g/mol. The number of benzene rings is 1. The van der Waals surface area contributed by atoms with Crippen molar-refractivity contribution in [1.29, 1.82) is 0 Å². The van der Waals surface area contributed by atoms with Gasteiger partial charge < -0.3 is 9.80 Å². The summed E-state index contributed by atoms with van der Waals surface area (Å²) in [6.45, 7) is 2.10. The zero-order valence-electron chi connectivity index (χ0n) is 20.9. The van der Waals surface area contributed by atoms with Crippen LogP contribution in [0.1, 0.15) is 18.4 Å². The number of hydrogen-bond acceptors (Lipinski definition) is 7. The Bertz CT molecular complexity index is 1670. The van der Waals surface area contributed by atoms with E-state index in [-0.39, 0.29) is 11.7 Å². The molecule has 1 aliphatic carbocycles. The van der Waals surface area contributed by atoms with Crippen LogP contribution >= 0.6 is 0 Å². The van der Waals surface area contributed by atoms with E-state index < -0.39 is 21.1 Å². The molecule has 1 saturated carbocycles. The highest BCUT2D eigenvalue weighted by Gasteiger charge is 2.64. The van der Waals surface area contributed by atoms with Crippen molar-refractivity contribution in [3.63, 3.8) is 0 Å². The fraction of sp³-hybridized carbons (Fsp3) is 0.370. The molecule has 0 radical (unpaired) electrons. The predicted molar refractivity (Wildman–Crippen MR) is 143 cm³/mol. The Hall–Kier alpha value is -3.60. The molecular formula is C27H27F2N7OS. The minimum Gasteiger partial charge on any atom is -0.368 e. The van der Waals surface area contributed by atoms with Crippen molar-refractivity contribution in [2.24, 2.45) is 10.3 Å². The van der Waals surface area contributed by atoms with E-state index >= 15 is 0 Å². The number of pyridine rings is 1. The van der Waals surface area contributed by atoms with Gasteiger partial charge in [0.1, 0.15) is 17.5 Å². The molecule has 5 heterocycles. The van der Waals surface area contributed by atoms with E-state index in [1.54, 1.807) is 17.8 Å². The van der Waals surface area contributed by atoms with Gasteiger partial charge in [-0.15, -0.1) is 0 Å². The van der Waals surface area contributed by atoms with Crippen LogP contribution in [0.25, 0.3) is 16.9 Å². The van der Waals surface area contributed by atoms with Crippen molar-refractivity contribution in [3.8, 4) is 11.3 Å². The summed E-state index contributed by atoms with van der Waals surface area (Å²) < 4.78 is 47.2.